The molecule has 0 bridgehead atoms. The molecule has 0 unspecified atom stereocenters. The van der Waals surface area contributed by atoms with Gasteiger partial charge in [-0.2, -0.15) is 0 Å². The van der Waals surface area contributed by atoms with Gasteiger partial charge in [0.2, 0.25) is 0 Å². The Labute approximate surface area is 92.3 Å². The van der Waals surface area contributed by atoms with Gasteiger partial charge in [-0.1, -0.05) is 23.8 Å². The van der Waals surface area contributed by atoms with Crippen LogP contribution in [0.3, 0.4) is 0 Å². The van der Waals surface area contributed by atoms with Crippen LogP contribution in [-0.2, 0) is 9.47 Å². The van der Waals surface area contributed by atoms with Crippen molar-refractivity contribution in [2.75, 3.05) is 6.61 Å². The van der Waals surface area contributed by atoms with E-state index in [0.29, 0.717) is 0 Å². The number of hydrogen-bond acceptors (Lipinski definition) is 2. The van der Waals surface area contributed by atoms with Crippen LogP contribution < -0.4 is 0 Å². The average molecular weight is 208 g/mol. The van der Waals surface area contributed by atoms with E-state index in [0.717, 1.165) is 19.4 Å². The van der Waals surface area contributed by atoms with Crippen molar-refractivity contribution in [3.05, 3.63) is 36.3 Å². The lowest BCUT2D eigenvalue weighted by Gasteiger charge is -2.08. The third-order valence-corrected chi connectivity index (χ3v) is 2.14. The molecule has 84 valence electrons. The first kappa shape index (κ1) is 11.9. The van der Waals surface area contributed by atoms with Crippen LogP contribution in [-0.4, -0.2) is 12.7 Å². The van der Waals surface area contributed by atoms with Crippen LogP contribution in [0.1, 0.15) is 33.1 Å². The van der Waals surface area contributed by atoms with Crippen LogP contribution in [0.5, 0.6) is 0 Å². The standard InChI is InChI=1S/C13H20O2/c1-12(2)15-11-10-14-9-8-13-6-4-3-5-7-13/h3-4,6,10-12H,5,7-9H2,1-2H3/b11-10-. The van der Waals surface area contributed by atoms with Gasteiger partial charge in [-0.05, 0) is 26.7 Å². The fraction of sp³-hybridized carbons (Fsp3) is 0.538. The lowest BCUT2D eigenvalue weighted by atomic mass is 10.0. The number of allylic oxidation sites excluding steroid dienone is 3. The Morgan fingerprint density at radius 2 is 2.27 bits per heavy atom. The molecule has 0 spiro atoms. The molecule has 0 amide bonds. The van der Waals surface area contributed by atoms with Gasteiger partial charge >= 0.3 is 0 Å². The minimum atomic E-state index is 0.219. The van der Waals surface area contributed by atoms with Crippen LogP contribution in [0.2, 0.25) is 0 Å². The van der Waals surface area contributed by atoms with Crippen LogP contribution in [0, 0.1) is 0 Å². The van der Waals surface area contributed by atoms with Crippen molar-refractivity contribution >= 4 is 0 Å². The Balaban J connectivity index is 2.03. The van der Waals surface area contributed by atoms with E-state index < -0.39 is 0 Å². The molecule has 0 saturated carbocycles. The minimum absolute atomic E-state index is 0.219. The Hall–Kier alpha value is -1.18. The van der Waals surface area contributed by atoms with Gasteiger partial charge in [-0.15, -0.1) is 0 Å². The topological polar surface area (TPSA) is 18.5 Å². The van der Waals surface area contributed by atoms with E-state index in [-0.39, 0.29) is 6.10 Å². The first-order chi connectivity index (χ1) is 7.29. The van der Waals surface area contributed by atoms with Crippen molar-refractivity contribution in [2.24, 2.45) is 0 Å². The molecule has 0 fully saturated rings. The molecule has 0 heterocycles. The second kappa shape index (κ2) is 7.16. The summed E-state index contributed by atoms with van der Waals surface area (Å²) in [6.45, 7) is 4.71. The van der Waals surface area contributed by atoms with Crippen molar-refractivity contribution in [1.82, 2.24) is 0 Å². The van der Waals surface area contributed by atoms with E-state index in [2.05, 4.69) is 18.2 Å². The van der Waals surface area contributed by atoms with Gasteiger partial charge in [0.1, 0.15) is 12.5 Å². The Bertz CT molecular complexity index is 249. The van der Waals surface area contributed by atoms with Gasteiger partial charge < -0.3 is 9.47 Å². The maximum atomic E-state index is 5.32. The summed E-state index contributed by atoms with van der Waals surface area (Å²) in [5.41, 5.74) is 1.47. The molecule has 1 aliphatic carbocycles. The van der Waals surface area contributed by atoms with Crippen molar-refractivity contribution in [2.45, 2.75) is 39.2 Å². The highest BCUT2D eigenvalue weighted by Crippen LogP contribution is 2.14. The molecular formula is C13H20O2. The molecule has 15 heavy (non-hydrogen) atoms. The normalized spacial score (nSPS) is 15.8. The van der Waals surface area contributed by atoms with Gasteiger partial charge in [-0.25, -0.2) is 0 Å². The third kappa shape index (κ3) is 6.00. The molecule has 0 aromatic heterocycles. The van der Waals surface area contributed by atoms with E-state index >= 15 is 0 Å². The molecular weight excluding hydrogens is 188 g/mol. The maximum absolute atomic E-state index is 5.32. The Morgan fingerprint density at radius 3 is 2.93 bits per heavy atom. The molecule has 2 nitrogen and oxygen atoms in total. The molecule has 1 rings (SSSR count). The minimum Gasteiger partial charge on any atom is -0.498 e. The van der Waals surface area contributed by atoms with Crippen LogP contribution in [0.15, 0.2) is 36.3 Å². The Morgan fingerprint density at radius 1 is 1.40 bits per heavy atom. The lowest BCUT2D eigenvalue weighted by Crippen LogP contribution is -1.96. The van der Waals surface area contributed by atoms with Crippen molar-refractivity contribution < 1.29 is 9.47 Å². The monoisotopic (exact) mass is 208 g/mol. The molecule has 0 aliphatic heterocycles. The van der Waals surface area contributed by atoms with Gasteiger partial charge in [-0.3, -0.25) is 0 Å². The predicted molar refractivity (Wildman–Crippen MR) is 62.4 cm³/mol. The largest absolute Gasteiger partial charge is 0.498 e. The maximum Gasteiger partial charge on any atom is 0.118 e. The first-order valence-corrected chi connectivity index (χ1v) is 5.55. The van der Waals surface area contributed by atoms with E-state index in [1.165, 1.54) is 12.0 Å². The summed E-state index contributed by atoms with van der Waals surface area (Å²) < 4.78 is 10.5. The van der Waals surface area contributed by atoms with Gasteiger partial charge in [0.15, 0.2) is 0 Å². The number of hydrogen-bond donors (Lipinski definition) is 0. The zero-order chi connectivity index (χ0) is 10.9. The molecule has 0 N–H and O–H groups in total. The van der Waals surface area contributed by atoms with Crippen molar-refractivity contribution in [1.29, 1.82) is 0 Å². The molecule has 0 atom stereocenters. The van der Waals surface area contributed by atoms with Gasteiger partial charge in [0.25, 0.3) is 0 Å². The summed E-state index contributed by atoms with van der Waals surface area (Å²) in [5, 5.41) is 0. The van der Waals surface area contributed by atoms with E-state index in [4.69, 9.17) is 9.47 Å². The average Bonchev–Trinajstić information content (AvgIpc) is 2.24. The smallest absolute Gasteiger partial charge is 0.118 e. The summed E-state index contributed by atoms with van der Waals surface area (Å²) in [4.78, 5) is 0. The fourth-order valence-electron chi connectivity index (χ4n) is 1.35. The zero-order valence-corrected chi connectivity index (χ0v) is 9.61. The molecule has 2 heteroatoms. The number of rotatable bonds is 6. The summed E-state index contributed by atoms with van der Waals surface area (Å²) in [7, 11) is 0. The van der Waals surface area contributed by atoms with Gasteiger partial charge in [0.05, 0.1) is 12.7 Å². The highest BCUT2D eigenvalue weighted by molar-refractivity contribution is 5.17. The Kier molecular flexibility index (Phi) is 5.67. The lowest BCUT2D eigenvalue weighted by molar-refractivity contribution is 0.160. The van der Waals surface area contributed by atoms with Crippen LogP contribution in [0.25, 0.3) is 0 Å². The summed E-state index contributed by atoms with van der Waals surface area (Å²) in [5.74, 6) is 0. The molecule has 0 radical (unpaired) electrons. The highest BCUT2D eigenvalue weighted by atomic mass is 16.5. The van der Waals surface area contributed by atoms with E-state index in [9.17, 15) is 0 Å². The third-order valence-electron chi connectivity index (χ3n) is 2.14. The summed E-state index contributed by atoms with van der Waals surface area (Å²) in [6.07, 6.45) is 13.3. The summed E-state index contributed by atoms with van der Waals surface area (Å²) >= 11 is 0. The molecule has 0 aromatic carbocycles. The van der Waals surface area contributed by atoms with Crippen LogP contribution in [0.4, 0.5) is 0 Å². The molecule has 0 aromatic rings. The van der Waals surface area contributed by atoms with Crippen molar-refractivity contribution in [3.8, 4) is 0 Å². The van der Waals surface area contributed by atoms with Crippen LogP contribution >= 0.6 is 0 Å². The van der Waals surface area contributed by atoms with Gasteiger partial charge in [0, 0.05) is 6.42 Å². The molecule has 1 aliphatic rings. The second-order valence-corrected chi connectivity index (χ2v) is 3.87. The quantitative estimate of drug-likeness (QED) is 0.491. The highest BCUT2D eigenvalue weighted by Gasteiger charge is 1.98. The predicted octanol–water partition coefficient (Wildman–Crippen LogP) is 3.57. The molecule has 0 saturated heterocycles. The van der Waals surface area contributed by atoms with E-state index in [1.54, 1.807) is 12.5 Å². The fourth-order valence-corrected chi connectivity index (χ4v) is 1.35. The first-order valence-electron chi connectivity index (χ1n) is 5.55. The second-order valence-electron chi connectivity index (χ2n) is 3.87. The number of ether oxygens (including phenoxy) is 2. The summed E-state index contributed by atoms with van der Waals surface area (Å²) in [6, 6.07) is 0. The zero-order valence-electron chi connectivity index (χ0n) is 9.61. The van der Waals surface area contributed by atoms with Crippen molar-refractivity contribution in [3.63, 3.8) is 0 Å². The van der Waals surface area contributed by atoms with E-state index in [1.807, 2.05) is 13.8 Å². The SMILES string of the molecule is CC(C)O/C=C\OCCC1=CC=CCC1.